The minimum Gasteiger partial charge on any atom is -0.465 e. The molecule has 0 saturated heterocycles. The molecule has 0 spiro atoms. The molecular weight excluding hydrogens is 368 g/mol. The molecule has 1 amide bonds. The van der Waals surface area contributed by atoms with Gasteiger partial charge in [-0.1, -0.05) is 24.3 Å². The maximum Gasteiger partial charge on any atom is 0.338 e. The number of esters is 1. The molecule has 0 fully saturated rings. The summed E-state index contributed by atoms with van der Waals surface area (Å²) in [6.45, 7) is 0.458. The minimum atomic E-state index is -0.364. The second-order valence-electron chi connectivity index (χ2n) is 5.53. The molecule has 134 valence electrons. The Balaban J connectivity index is 1.56. The predicted octanol–water partition coefficient (Wildman–Crippen LogP) is 3.56. The van der Waals surface area contributed by atoms with Gasteiger partial charge < -0.3 is 10.1 Å². The third kappa shape index (κ3) is 4.36. The first-order valence-corrected chi connectivity index (χ1v) is 9.84. The Kier molecular flexibility index (Phi) is 6.14. The number of benzene rings is 1. The maximum atomic E-state index is 12.3. The van der Waals surface area contributed by atoms with E-state index in [0.29, 0.717) is 24.9 Å². The van der Waals surface area contributed by atoms with Crippen molar-refractivity contribution in [3.8, 4) is 10.6 Å². The van der Waals surface area contributed by atoms with E-state index in [-0.39, 0.29) is 11.9 Å². The lowest BCUT2D eigenvalue weighted by Gasteiger charge is -2.09. The van der Waals surface area contributed by atoms with Crippen molar-refractivity contribution < 1.29 is 14.3 Å². The fourth-order valence-corrected chi connectivity index (χ4v) is 4.19. The first-order chi connectivity index (χ1) is 12.7. The van der Waals surface area contributed by atoms with Crippen LogP contribution in [0.4, 0.5) is 0 Å². The normalized spacial score (nSPS) is 10.5. The van der Waals surface area contributed by atoms with Crippen molar-refractivity contribution in [2.24, 2.45) is 0 Å². The van der Waals surface area contributed by atoms with Crippen LogP contribution in [0, 0.1) is 0 Å². The molecule has 0 unspecified atom stereocenters. The van der Waals surface area contributed by atoms with E-state index < -0.39 is 0 Å². The van der Waals surface area contributed by atoms with Gasteiger partial charge in [-0.15, -0.1) is 22.7 Å². The zero-order valence-electron chi connectivity index (χ0n) is 14.2. The number of aromatic nitrogens is 1. The molecule has 1 aromatic carbocycles. The van der Waals surface area contributed by atoms with Gasteiger partial charge in [0.05, 0.1) is 35.2 Å². The highest BCUT2D eigenvalue weighted by molar-refractivity contribution is 7.14. The molecule has 2 heterocycles. The van der Waals surface area contributed by atoms with Gasteiger partial charge in [-0.05, 0) is 29.5 Å². The summed E-state index contributed by atoms with van der Waals surface area (Å²) in [6, 6.07) is 11.2. The van der Waals surface area contributed by atoms with Gasteiger partial charge in [0.15, 0.2) is 0 Å². The number of rotatable bonds is 7. The maximum absolute atomic E-state index is 12.3. The standard InChI is InChI=1S/C19H18N2O3S2/c1-24-19(23)14-6-3-2-5-13(14)8-9-20-17(22)11-16-18(21-12-26-16)15-7-4-10-25-15/h2-7,10,12H,8-9,11H2,1H3,(H,20,22). The average Bonchev–Trinajstić information content (AvgIpc) is 3.33. The monoisotopic (exact) mass is 386 g/mol. The van der Waals surface area contributed by atoms with Crippen molar-refractivity contribution in [1.82, 2.24) is 10.3 Å². The molecule has 2 aromatic heterocycles. The molecule has 0 atom stereocenters. The van der Waals surface area contributed by atoms with E-state index in [0.717, 1.165) is 21.0 Å². The number of carbonyl (C=O) groups is 2. The van der Waals surface area contributed by atoms with Crippen LogP contribution in [0.25, 0.3) is 10.6 Å². The Bertz CT molecular complexity index is 888. The van der Waals surface area contributed by atoms with Gasteiger partial charge >= 0.3 is 5.97 Å². The Labute approximate surface area is 159 Å². The van der Waals surface area contributed by atoms with Gasteiger partial charge in [0.2, 0.25) is 5.91 Å². The van der Waals surface area contributed by atoms with Crippen molar-refractivity contribution >= 4 is 34.6 Å². The molecule has 0 aliphatic heterocycles. The summed E-state index contributed by atoms with van der Waals surface area (Å²) >= 11 is 3.10. The molecule has 0 saturated carbocycles. The summed E-state index contributed by atoms with van der Waals surface area (Å²) in [5.41, 5.74) is 4.05. The smallest absolute Gasteiger partial charge is 0.338 e. The number of methoxy groups -OCH3 is 1. The SMILES string of the molecule is COC(=O)c1ccccc1CCNC(=O)Cc1scnc1-c1cccs1. The van der Waals surface area contributed by atoms with Crippen LogP contribution in [0.15, 0.2) is 47.3 Å². The first kappa shape index (κ1) is 18.3. The molecule has 1 N–H and O–H groups in total. The molecular formula is C19H18N2O3S2. The fourth-order valence-electron chi connectivity index (χ4n) is 2.60. The topological polar surface area (TPSA) is 68.3 Å². The van der Waals surface area contributed by atoms with Crippen LogP contribution in [0.2, 0.25) is 0 Å². The number of hydrogen-bond donors (Lipinski definition) is 1. The molecule has 0 aliphatic rings. The van der Waals surface area contributed by atoms with Gasteiger partial charge in [-0.3, -0.25) is 4.79 Å². The molecule has 26 heavy (non-hydrogen) atoms. The van der Waals surface area contributed by atoms with E-state index in [1.807, 2.05) is 29.6 Å². The third-order valence-corrected chi connectivity index (χ3v) is 5.57. The van der Waals surface area contributed by atoms with Crippen molar-refractivity contribution in [2.75, 3.05) is 13.7 Å². The molecule has 0 aliphatic carbocycles. The minimum absolute atomic E-state index is 0.0531. The largest absolute Gasteiger partial charge is 0.465 e. The Hall–Kier alpha value is -2.51. The van der Waals surface area contributed by atoms with Gasteiger partial charge in [0, 0.05) is 11.4 Å². The number of carbonyl (C=O) groups excluding carboxylic acids is 2. The molecule has 3 rings (SSSR count). The third-order valence-electron chi connectivity index (χ3n) is 3.86. The summed E-state index contributed by atoms with van der Waals surface area (Å²) in [7, 11) is 1.36. The van der Waals surface area contributed by atoms with E-state index >= 15 is 0 Å². The fraction of sp³-hybridized carbons (Fsp3) is 0.211. The summed E-state index contributed by atoms with van der Waals surface area (Å²) in [5, 5.41) is 4.91. The van der Waals surface area contributed by atoms with Crippen LogP contribution in [0.1, 0.15) is 20.8 Å². The zero-order chi connectivity index (χ0) is 18.4. The number of hydrogen-bond acceptors (Lipinski definition) is 6. The first-order valence-electron chi connectivity index (χ1n) is 8.08. The number of thiazole rings is 1. The lowest BCUT2D eigenvalue weighted by molar-refractivity contribution is -0.120. The summed E-state index contributed by atoms with van der Waals surface area (Å²) in [6.07, 6.45) is 0.869. The van der Waals surface area contributed by atoms with Gasteiger partial charge in [0.1, 0.15) is 0 Å². The molecule has 0 bridgehead atoms. The van der Waals surface area contributed by atoms with E-state index in [9.17, 15) is 9.59 Å². The van der Waals surface area contributed by atoms with Crippen LogP contribution < -0.4 is 5.32 Å². The van der Waals surface area contributed by atoms with Gasteiger partial charge in [-0.25, -0.2) is 9.78 Å². The van der Waals surface area contributed by atoms with Crippen LogP contribution in [-0.4, -0.2) is 30.5 Å². The molecule has 3 aromatic rings. The van der Waals surface area contributed by atoms with Crippen molar-refractivity contribution in [3.63, 3.8) is 0 Å². The highest BCUT2D eigenvalue weighted by atomic mass is 32.1. The van der Waals surface area contributed by atoms with E-state index in [2.05, 4.69) is 10.3 Å². The second kappa shape index (κ2) is 8.73. The molecule has 7 heteroatoms. The number of ether oxygens (including phenoxy) is 1. The van der Waals surface area contributed by atoms with Crippen molar-refractivity contribution in [3.05, 3.63) is 63.3 Å². The lowest BCUT2D eigenvalue weighted by Crippen LogP contribution is -2.27. The van der Waals surface area contributed by atoms with E-state index in [4.69, 9.17) is 4.74 Å². The quantitative estimate of drug-likeness (QED) is 0.631. The van der Waals surface area contributed by atoms with Crippen LogP contribution in [0.5, 0.6) is 0 Å². The summed E-state index contributed by atoms with van der Waals surface area (Å²) in [4.78, 5) is 30.5. The van der Waals surface area contributed by atoms with Crippen molar-refractivity contribution in [1.29, 1.82) is 0 Å². The average molecular weight is 386 g/mol. The summed E-state index contributed by atoms with van der Waals surface area (Å²) < 4.78 is 4.79. The Morgan fingerprint density at radius 2 is 2.00 bits per heavy atom. The number of amides is 1. The van der Waals surface area contributed by atoms with Gasteiger partial charge in [0.25, 0.3) is 0 Å². The van der Waals surface area contributed by atoms with Crippen LogP contribution in [-0.2, 0) is 22.4 Å². The van der Waals surface area contributed by atoms with Crippen LogP contribution in [0.3, 0.4) is 0 Å². The Morgan fingerprint density at radius 1 is 1.15 bits per heavy atom. The molecule has 0 radical (unpaired) electrons. The number of thiophene rings is 1. The van der Waals surface area contributed by atoms with E-state index in [1.54, 1.807) is 29.0 Å². The predicted molar refractivity (Wildman–Crippen MR) is 104 cm³/mol. The summed E-state index contributed by atoms with van der Waals surface area (Å²) in [5.74, 6) is -0.417. The second-order valence-corrected chi connectivity index (χ2v) is 7.41. The number of nitrogens with zero attached hydrogens (tertiary/aromatic N) is 1. The molecule has 5 nitrogen and oxygen atoms in total. The van der Waals surface area contributed by atoms with Gasteiger partial charge in [-0.2, -0.15) is 0 Å². The lowest BCUT2D eigenvalue weighted by atomic mass is 10.0. The highest BCUT2D eigenvalue weighted by Gasteiger charge is 2.14. The van der Waals surface area contributed by atoms with Crippen LogP contribution >= 0.6 is 22.7 Å². The number of nitrogens with one attached hydrogen (secondary N) is 1. The zero-order valence-corrected chi connectivity index (χ0v) is 15.9. The van der Waals surface area contributed by atoms with Crippen molar-refractivity contribution in [2.45, 2.75) is 12.8 Å². The Morgan fingerprint density at radius 3 is 2.77 bits per heavy atom. The highest BCUT2D eigenvalue weighted by Crippen LogP contribution is 2.29. The van der Waals surface area contributed by atoms with E-state index in [1.165, 1.54) is 18.4 Å².